The van der Waals surface area contributed by atoms with Crippen molar-refractivity contribution in [3.63, 3.8) is 0 Å². The SMILES string of the molecule is COCCCNC(=O)C1(c2ccc(NS(=O)(=O)c3ccc(C4CCCCC4)cc3)cc2)CC1.O=C(O)C(F)(F)F. The molecule has 2 fully saturated rings. The highest BCUT2D eigenvalue weighted by Gasteiger charge is 2.51. The van der Waals surface area contributed by atoms with Crippen LogP contribution >= 0.6 is 0 Å². The molecule has 2 aromatic carbocycles. The van der Waals surface area contributed by atoms with E-state index in [1.807, 2.05) is 24.3 Å². The van der Waals surface area contributed by atoms with Gasteiger partial charge in [0.2, 0.25) is 5.91 Å². The second-order valence-electron chi connectivity index (χ2n) is 10.1. The molecule has 12 heteroatoms. The molecule has 0 heterocycles. The van der Waals surface area contributed by atoms with Gasteiger partial charge < -0.3 is 15.2 Å². The molecule has 0 atom stereocenters. The molecule has 2 aromatic rings. The summed E-state index contributed by atoms with van der Waals surface area (Å²) in [6, 6.07) is 14.5. The molecule has 0 bridgehead atoms. The topological polar surface area (TPSA) is 122 Å². The largest absolute Gasteiger partial charge is 0.490 e. The Balaban J connectivity index is 0.000000559. The Morgan fingerprint density at radius 2 is 1.57 bits per heavy atom. The van der Waals surface area contributed by atoms with Crippen molar-refractivity contribution in [1.82, 2.24) is 5.32 Å². The third-order valence-electron chi connectivity index (χ3n) is 7.19. The average molecular weight is 585 g/mol. The summed E-state index contributed by atoms with van der Waals surface area (Å²) in [7, 11) is -2.02. The van der Waals surface area contributed by atoms with Gasteiger partial charge in [0, 0.05) is 25.9 Å². The summed E-state index contributed by atoms with van der Waals surface area (Å²) in [5.41, 5.74) is 2.16. The minimum atomic E-state index is -5.08. The summed E-state index contributed by atoms with van der Waals surface area (Å²) < 4.78 is 65.2. The van der Waals surface area contributed by atoms with Crippen LogP contribution < -0.4 is 10.0 Å². The Morgan fingerprint density at radius 1 is 1.00 bits per heavy atom. The van der Waals surface area contributed by atoms with Crippen LogP contribution in [0.1, 0.15) is 68.4 Å². The number of carboxylic acid groups (broad SMARTS) is 1. The van der Waals surface area contributed by atoms with Crippen molar-refractivity contribution in [1.29, 1.82) is 0 Å². The highest BCUT2D eigenvalue weighted by atomic mass is 32.2. The summed E-state index contributed by atoms with van der Waals surface area (Å²) >= 11 is 0. The van der Waals surface area contributed by atoms with Crippen molar-refractivity contribution in [2.75, 3.05) is 25.0 Å². The third-order valence-corrected chi connectivity index (χ3v) is 8.59. The van der Waals surface area contributed by atoms with Crippen molar-refractivity contribution in [2.45, 2.75) is 73.8 Å². The summed E-state index contributed by atoms with van der Waals surface area (Å²) in [6.45, 7) is 1.21. The Bertz CT molecular complexity index is 1240. The Morgan fingerprint density at radius 3 is 2.08 bits per heavy atom. The molecular weight excluding hydrogens is 549 g/mol. The van der Waals surface area contributed by atoms with E-state index in [1.165, 1.54) is 37.7 Å². The van der Waals surface area contributed by atoms with Gasteiger partial charge in [-0.25, -0.2) is 13.2 Å². The van der Waals surface area contributed by atoms with Gasteiger partial charge in [0.1, 0.15) is 0 Å². The number of amides is 1. The molecule has 0 aliphatic heterocycles. The number of hydrogen-bond donors (Lipinski definition) is 3. The number of alkyl halides is 3. The standard InChI is InChI=1S/C26H34N2O4S.C2HF3O2/c1-32-19-5-18-27-25(29)26(16-17-26)22-10-12-23(13-11-22)28-33(30,31)24-14-8-21(9-15-24)20-6-3-2-4-7-20;3-2(4,5)1(6)7/h8-15,20,28H,2-7,16-19H2,1H3,(H,27,29);(H,6,7). The average Bonchev–Trinajstić information content (AvgIpc) is 3.74. The number of carboxylic acids is 1. The van der Waals surface area contributed by atoms with Crippen LogP contribution in [-0.2, 0) is 29.8 Å². The lowest BCUT2D eigenvalue weighted by molar-refractivity contribution is -0.192. The molecule has 0 saturated heterocycles. The molecule has 2 aliphatic carbocycles. The molecule has 0 unspecified atom stereocenters. The van der Waals surface area contributed by atoms with Crippen LogP contribution in [0, 0.1) is 0 Å². The molecule has 40 heavy (non-hydrogen) atoms. The number of halogens is 3. The highest BCUT2D eigenvalue weighted by Crippen LogP contribution is 2.48. The summed E-state index contributed by atoms with van der Waals surface area (Å²) in [5.74, 6) is -2.18. The zero-order valence-electron chi connectivity index (χ0n) is 22.3. The lowest BCUT2D eigenvalue weighted by atomic mass is 9.84. The van der Waals surface area contributed by atoms with Crippen LogP contribution in [-0.4, -0.2) is 51.8 Å². The number of hydrogen-bond acceptors (Lipinski definition) is 5. The van der Waals surface area contributed by atoms with Gasteiger partial charge in [-0.2, -0.15) is 13.2 Å². The summed E-state index contributed by atoms with van der Waals surface area (Å²) in [6.07, 6.45) is 3.47. The molecule has 8 nitrogen and oxygen atoms in total. The van der Waals surface area contributed by atoms with Crippen LogP contribution in [0.2, 0.25) is 0 Å². The molecule has 1 amide bonds. The van der Waals surface area contributed by atoms with E-state index in [1.54, 1.807) is 31.4 Å². The van der Waals surface area contributed by atoms with E-state index in [2.05, 4.69) is 10.0 Å². The predicted molar refractivity (Wildman–Crippen MR) is 144 cm³/mol. The second-order valence-corrected chi connectivity index (χ2v) is 11.8. The summed E-state index contributed by atoms with van der Waals surface area (Å²) in [5, 5.41) is 10.1. The molecule has 2 aliphatic rings. The molecule has 2 saturated carbocycles. The number of nitrogens with one attached hydrogen (secondary N) is 2. The monoisotopic (exact) mass is 584 g/mol. The van der Waals surface area contributed by atoms with Gasteiger partial charge in [-0.1, -0.05) is 43.5 Å². The fraction of sp³-hybridized carbons (Fsp3) is 0.500. The van der Waals surface area contributed by atoms with Gasteiger partial charge in [-0.15, -0.1) is 0 Å². The van der Waals surface area contributed by atoms with Gasteiger partial charge >= 0.3 is 12.1 Å². The van der Waals surface area contributed by atoms with Crippen LogP contribution in [0.15, 0.2) is 53.4 Å². The van der Waals surface area contributed by atoms with Crippen molar-refractivity contribution >= 4 is 27.6 Å². The molecule has 3 N–H and O–H groups in total. The first-order valence-electron chi connectivity index (χ1n) is 13.2. The molecule has 220 valence electrons. The minimum absolute atomic E-state index is 0.0324. The maximum absolute atomic E-state index is 12.9. The molecule has 0 spiro atoms. The smallest absolute Gasteiger partial charge is 0.475 e. The molecule has 0 aromatic heterocycles. The predicted octanol–water partition coefficient (Wildman–Crippen LogP) is 5.35. The lowest BCUT2D eigenvalue weighted by Gasteiger charge is -2.22. The number of ether oxygens (including phenoxy) is 1. The van der Waals surface area contributed by atoms with E-state index in [4.69, 9.17) is 14.6 Å². The molecular formula is C28H35F3N2O6S. The number of aliphatic carboxylic acids is 1. The molecule has 0 radical (unpaired) electrons. The minimum Gasteiger partial charge on any atom is -0.475 e. The fourth-order valence-corrected chi connectivity index (χ4v) is 5.84. The first kappa shape index (κ1) is 31.4. The van der Waals surface area contributed by atoms with Gasteiger partial charge in [0.05, 0.1) is 10.3 Å². The van der Waals surface area contributed by atoms with E-state index in [0.29, 0.717) is 24.8 Å². The number of anilines is 1. The van der Waals surface area contributed by atoms with Gasteiger partial charge in [-0.05, 0) is 73.4 Å². The number of rotatable bonds is 10. The van der Waals surface area contributed by atoms with E-state index < -0.39 is 27.6 Å². The number of carbonyl (C=O) groups is 2. The number of methoxy groups -OCH3 is 1. The van der Waals surface area contributed by atoms with Crippen molar-refractivity contribution in [2.24, 2.45) is 0 Å². The van der Waals surface area contributed by atoms with Crippen LogP contribution in [0.5, 0.6) is 0 Å². The van der Waals surface area contributed by atoms with Gasteiger partial charge in [0.25, 0.3) is 10.0 Å². The maximum atomic E-state index is 12.9. The number of sulfonamides is 1. The van der Waals surface area contributed by atoms with Gasteiger partial charge in [0.15, 0.2) is 0 Å². The quantitative estimate of drug-likeness (QED) is 0.324. The van der Waals surface area contributed by atoms with E-state index >= 15 is 0 Å². The second kappa shape index (κ2) is 13.5. The Hall–Kier alpha value is -3.12. The molecule has 4 rings (SSSR count). The number of benzene rings is 2. The van der Waals surface area contributed by atoms with Crippen LogP contribution in [0.25, 0.3) is 0 Å². The lowest BCUT2D eigenvalue weighted by Crippen LogP contribution is -2.35. The van der Waals surface area contributed by atoms with Crippen molar-refractivity contribution < 1.29 is 41.0 Å². The fourth-order valence-electron chi connectivity index (χ4n) is 4.79. The van der Waals surface area contributed by atoms with E-state index in [9.17, 15) is 26.4 Å². The Labute approximate surface area is 232 Å². The summed E-state index contributed by atoms with van der Waals surface area (Å²) in [4.78, 5) is 21.8. The van der Waals surface area contributed by atoms with Crippen LogP contribution in [0.3, 0.4) is 0 Å². The maximum Gasteiger partial charge on any atom is 0.490 e. The van der Waals surface area contributed by atoms with Crippen molar-refractivity contribution in [3.8, 4) is 0 Å². The highest BCUT2D eigenvalue weighted by molar-refractivity contribution is 7.92. The van der Waals surface area contributed by atoms with E-state index in [-0.39, 0.29) is 10.8 Å². The zero-order valence-corrected chi connectivity index (χ0v) is 23.1. The van der Waals surface area contributed by atoms with Crippen molar-refractivity contribution in [3.05, 3.63) is 59.7 Å². The number of carbonyl (C=O) groups excluding carboxylic acids is 1. The Kier molecular flexibility index (Phi) is 10.6. The van der Waals surface area contributed by atoms with Crippen LogP contribution in [0.4, 0.5) is 18.9 Å². The third kappa shape index (κ3) is 8.44. The normalized spacial score (nSPS) is 16.8. The van der Waals surface area contributed by atoms with Gasteiger partial charge in [-0.3, -0.25) is 9.52 Å². The van der Waals surface area contributed by atoms with E-state index in [0.717, 1.165) is 24.8 Å². The first-order valence-corrected chi connectivity index (χ1v) is 14.7. The zero-order chi connectivity index (χ0) is 29.4. The first-order chi connectivity index (χ1) is 18.9.